The lowest BCUT2D eigenvalue weighted by Gasteiger charge is -2.10. The maximum absolute atomic E-state index is 12.9. The molecule has 0 atom stereocenters. The lowest BCUT2D eigenvalue weighted by molar-refractivity contribution is 0.102. The second-order valence-corrected chi connectivity index (χ2v) is 10.2. The first-order chi connectivity index (χ1) is 16.4. The largest absolute Gasteiger partial charge is 0.454 e. The molecule has 172 valence electrons. The molecule has 2 N–H and O–H groups in total. The van der Waals surface area contributed by atoms with Crippen LogP contribution in [0.25, 0.3) is 11.3 Å². The first-order valence-corrected chi connectivity index (χ1v) is 12.6. The number of anilines is 2. The standard InChI is InChI=1S/C24H19N3O5S2/c1-15-25-21(13-33-15)16-5-7-18(8-6-16)26-24(28)17-3-2-4-20(11-17)34(29,30)27-19-9-10-22-23(12-19)32-14-31-22/h2-13,27H,14H2,1H3,(H,26,28). The molecule has 0 radical (unpaired) electrons. The van der Waals surface area contributed by atoms with Gasteiger partial charge in [-0.2, -0.15) is 0 Å². The van der Waals surface area contributed by atoms with Gasteiger partial charge in [-0.05, 0) is 49.4 Å². The zero-order valence-corrected chi connectivity index (χ0v) is 19.6. The average Bonchev–Trinajstić information content (AvgIpc) is 3.48. The first kappa shape index (κ1) is 21.9. The summed E-state index contributed by atoms with van der Waals surface area (Å²) in [6.45, 7) is 2.04. The third-order valence-corrected chi connectivity index (χ3v) is 7.24. The molecule has 0 unspecified atom stereocenters. The van der Waals surface area contributed by atoms with E-state index in [1.54, 1.807) is 47.7 Å². The predicted molar refractivity (Wildman–Crippen MR) is 130 cm³/mol. The summed E-state index contributed by atoms with van der Waals surface area (Å²) in [7, 11) is -3.93. The maximum atomic E-state index is 12.9. The number of aryl methyl sites for hydroxylation is 1. The smallest absolute Gasteiger partial charge is 0.261 e. The Kier molecular flexibility index (Phi) is 5.68. The summed E-state index contributed by atoms with van der Waals surface area (Å²) >= 11 is 1.57. The molecule has 5 rings (SSSR count). The average molecular weight is 494 g/mol. The van der Waals surface area contributed by atoms with E-state index in [0.29, 0.717) is 22.9 Å². The molecule has 1 aliphatic rings. The Morgan fingerprint density at radius 3 is 2.50 bits per heavy atom. The van der Waals surface area contributed by atoms with Crippen molar-refractivity contribution in [2.45, 2.75) is 11.8 Å². The minimum atomic E-state index is -3.93. The fraction of sp³-hybridized carbons (Fsp3) is 0.0833. The number of nitrogens with one attached hydrogen (secondary N) is 2. The quantitative estimate of drug-likeness (QED) is 0.396. The van der Waals surface area contributed by atoms with Gasteiger partial charge in [-0.3, -0.25) is 9.52 Å². The van der Waals surface area contributed by atoms with Crippen LogP contribution >= 0.6 is 11.3 Å². The molecule has 10 heteroatoms. The number of carbonyl (C=O) groups is 1. The highest BCUT2D eigenvalue weighted by Gasteiger charge is 2.19. The van der Waals surface area contributed by atoms with Crippen LogP contribution in [0.3, 0.4) is 0 Å². The molecule has 0 saturated carbocycles. The van der Waals surface area contributed by atoms with Crippen LogP contribution in [0.5, 0.6) is 11.5 Å². The highest BCUT2D eigenvalue weighted by molar-refractivity contribution is 7.92. The Morgan fingerprint density at radius 1 is 0.971 bits per heavy atom. The summed E-state index contributed by atoms with van der Waals surface area (Å²) in [6, 6.07) is 17.9. The Hall–Kier alpha value is -3.89. The number of amides is 1. The van der Waals surface area contributed by atoms with Gasteiger partial charge in [-0.15, -0.1) is 11.3 Å². The molecule has 1 aliphatic heterocycles. The van der Waals surface area contributed by atoms with Gasteiger partial charge in [-0.1, -0.05) is 18.2 Å². The van der Waals surface area contributed by atoms with Crippen LogP contribution in [0.2, 0.25) is 0 Å². The number of ether oxygens (including phenoxy) is 2. The highest BCUT2D eigenvalue weighted by atomic mass is 32.2. The molecule has 34 heavy (non-hydrogen) atoms. The van der Waals surface area contributed by atoms with Crippen molar-refractivity contribution >= 4 is 38.6 Å². The summed E-state index contributed by atoms with van der Waals surface area (Å²) < 4.78 is 38.8. The highest BCUT2D eigenvalue weighted by Crippen LogP contribution is 2.35. The molecular weight excluding hydrogens is 474 g/mol. The third-order valence-electron chi connectivity index (χ3n) is 5.09. The van der Waals surface area contributed by atoms with Crippen LogP contribution in [0.4, 0.5) is 11.4 Å². The summed E-state index contributed by atoms with van der Waals surface area (Å²) in [5, 5.41) is 5.76. The van der Waals surface area contributed by atoms with Gasteiger partial charge in [0.15, 0.2) is 11.5 Å². The number of nitrogens with zero attached hydrogens (tertiary/aromatic N) is 1. The molecule has 0 aliphatic carbocycles. The van der Waals surface area contributed by atoms with E-state index in [1.165, 1.54) is 18.2 Å². The molecule has 0 bridgehead atoms. The van der Waals surface area contributed by atoms with Crippen molar-refractivity contribution in [2.24, 2.45) is 0 Å². The molecule has 0 saturated heterocycles. The molecule has 1 aromatic heterocycles. The predicted octanol–water partition coefficient (Wildman–Crippen LogP) is 4.90. The molecule has 0 spiro atoms. The number of sulfonamides is 1. The van der Waals surface area contributed by atoms with E-state index in [0.717, 1.165) is 16.3 Å². The van der Waals surface area contributed by atoms with Gasteiger partial charge >= 0.3 is 0 Å². The van der Waals surface area contributed by atoms with Gasteiger partial charge in [-0.25, -0.2) is 13.4 Å². The van der Waals surface area contributed by atoms with Gasteiger partial charge < -0.3 is 14.8 Å². The van der Waals surface area contributed by atoms with Crippen LogP contribution in [0.1, 0.15) is 15.4 Å². The Balaban J connectivity index is 1.30. The van der Waals surface area contributed by atoms with Crippen molar-refractivity contribution < 1.29 is 22.7 Å². The van der Waals surface area contributed by atoms with Crippen molar-refractivity contribution in [2.75, 3.05) is 16.8 Å². The van der Waals surface area contributed by atoms with Crippen molar-refractivity contribution in [3.05, 3.63) is 82.7 Å². The van der Waals surface area contributed by atoms with E-state index in [4.69, 9.17) is 9.47 Å². The summed E-state index contributed by atoms with van der Waals surface area (Å²) in [6.07, 6.45) is 0. The minimum Gasteiger partial charge on any atom is -0.454 e. The number of carbonyl (C=O) groups excluding carboxylic acids is 1. The second-order valence-electron chi connectivity index (χ2n) is 7.48. The lowest BCUT2D eigenvalue weighted by atomic mass is 10.1. The maximum Gasteiger partial charge on any atom is 0.261 e. The van der Waals surface area contributed by atoms with Crippen LogP contribution in [0, 0.1) is 6.92 Å². The Labute approximate surface area is 200 Å². The van der Waals surface area contributed by atoms with Gasteiger partial charge in [0.05, 0.1) is 21.3 Å². The van der Waals surface area contributed by atoms with E-state index < -0.39 is 15.9 Å². The Morgan fingerprint density at radius 2 is 1.74 bits per heavy atom. The molecule has 3 aromatic carbocycles. The summed E-state index contributed by atoms with van der Waals surface area (Å²) in [4.78, 5) is 17.2. The number of hydrogen-bond acceptors (Lipinski definition) is 7. The third kappa shape index (κ3) is 4.59. The van der Waals surface area contributed by atoms with Crippen LogP contribution in [0.15, 0.2) is 77.0 Å². The number of hydrogen-bond donors (Lipinski definition) is 2. The molecule has 0 fully saturated rings. The molecule has 8 nitrogen and oxygen atoms in total. The van der Waals surface area contributed by atoms with Gasteiger partial charge in [0.2, 0.25) is 6.79 Å². The Bertz CT molecular complexity index is 1480. The van der Waals surface area contributed by atoms with Crippen LogP contribution in [-0.2, 0) is 10.0 Å². The number of fused-ring (bicyclic) bond motifs is 1. The second kappa shape index (κ2) is 8.81. The zero-order valence-electron chi connectivity index (χ0n) is 17.9. The van der Waals surface area contributed by atoms with E-state index in [1.807, 2.05) is 24.4 Å². The van der Waals surface area contributed by atoms with E-state index in [-0.39, 0.29) is 17.3 Å². The van der Waals surface area contributed by atoms with Crippen molar-refractivity contribution in [1.29, 1.82) is 0 Å². The van der Waals surface area contributed by atoms with Gasteiger partial charge in [0.1, 0.15) is 0 Å². The molecule has 2 heterocycles. The summed E-state index contributed by atoms with van der Waals surface area (Å²) in [5.74, 6) is 0.595. The SMILES string of the molecule is Cc1nc(-c2ccc(NC(=O)c3cccc(S(=O)(=O)Nc4ccc5c(c4)OCO5)c3)cc2)cs1. The molecular formula is C24H19N3O5S2. The molecule has 4 aromatic rings. The van der Waals surface area contributed by atoms with Crippen molar-refractivity contribution in [3.63, 3.8) is 0 Å². The van der Waals surface area contributed by atoms with Gasteiger partial charge in [0, 0.05) is 28.3 Å². The van der Waals surface area contributed by atoms with Crippen LogP contribution in [-0.4, -0.2) is 26.1 Å². The number of rotatable bonds is 6. The minimum absolute atomic E-state index is 0.0351. The van der Waals surface area contributed by atoms with E-state index in [9.17, 15) is 13.2 Å². The van der Waals surface area contributed by atoms with E-state index >= 15 is 0 Å². The lowest BCUT2D eigenvalue weighted by Crippen LogP contribution is -2.16. The van der Waals surface area contributed by atoms with Crippen LogP contribution < -0.4 is 19.5 Å². The van der Waals surface area contributed by atoms with Gasteiger partial charge in [0.25, 0.3) is 15.9 Å². The van der Waals surface area contributed by atoms with Crippen molar-refractivity contribution in [1.82, 2.24) is 4.98 Å². The normalized spacial score (nSPS) is 12.4. The number of thiazole rings is 1. The van der Waals surface area contributed by atoms with Crippen molar-refractivity contribution in [3.8, 4) is 22.8 Å². The number of aromatic nitrogens is 1. The zero-order chi connectivity index (χ0) is 23.7. The topological polar surface area (TPSA) is 107 Å². The first-order valence-electron chi connectivity index (χ1n) is 10.2. The number of benzene rings is 3. The monoisotopic (exact) mass is 493 g/mol. The fourth-order valence-electron chi connectivity index (χ4n) is 3.40. The fourth-order valence-corrected chi connectivity index (χ4v) is 5.12. The van der Waals surface area contributed by atoms with E-state index in [2.05, 4.69) is 15.0 Å². The molecule has 1 amide bonds. The summed E-state index contributed by atoms with van der Waals surface area (Å²) in [5.41, 5.74) is 2.97.